The molecule has 0 spiro atoms. The number of pyridine rings is 1. The molecule has 1 aromatic heterocycles. The summed E-state index contributed by atoms with van der Waals surface area (Å²) >= 11 is 0. The Morgan fingerprint density at radius 1 is 1.29 bits per heavy atom. The van der Waals surface area contributed by atoms with Gasteiger partial charge in [-0.05, 0) is 30.9 Å². The second-order valence-corrected chi connectivity index (χ2v) is 5.40. The van der Waals surface area contributed by atoms with Crippen molar-refractivity contribution in [1.29, 1.82) is 0 Å². The number of fused-ring (bicyclic) bond motifs is 1. The molecule has 5 nitrogen and oxygen atoms in total. The number of nitrogens with two attached hydrogens (primary N) is 1. The number of benzene rings is 1. The van der Waals surface area contributed by atoms with Gasteiger partial charge < -0.3 is 14.9 Å². The number of nitrogen functional groups attached to an aromatic ring is 1. The van der Waals surface area contributed by atoms with Crippen LogP contribution in [0.15, 0.2) is 30.3 Å². The van der Waals surface area contributed by atoms with E-state index in [1.165, 1.54) is 0 Å². The van der Waals surface area contributed by atoms with Crippen LogP contribution in [0.25, 0.3) is 10.9 Å². The SMILES string of the molecule is NNc1nc2ccccc2cc1COCC1CCOCC1. The van der Waals surface area contributed by atoms with Gasteiger partial charge in [0.2, 0.25) is 0 Å². The van der Waals surface area contributed by atoms with E-state index in [9.17, 15) is 0 Å². The molecule has 3 rings (SSSR count). The number of hydrazine groups is 1. The average molecular weight is 287 g/mol. The second kappa shape index (κ2) is 6.85. The van der Waals surface area contributed by atoms with Crippen molar-refractivity contribution in [2.24, 2.45) is 11.8 Å². The summed E-state index contributed by atoms with van der Waals surface area (Å²) in [5.41, 5.74) is 4.58. The van der Waals surface area contributed by atoms with Gasteiger partial charge in [0.1, 0.15) is 5.82 Å². The fourth-order valence-electron chi connectivity index (χ4n) is 2.64. The Bertz CT molecular complexity index is 597. The highest BCUT2D eigenvalue weighted by molar-refractivity contribution is 5.81. The van der Waals surface area contributed by atoms with E-state index in [-0.39, 0.29) is 0 Å². The maximum absolute atomic E-state index is 5.86. The summed E-state index contributed by atoms with van der Waals surface area (Å²) in [5, 5.41) is 1.10. The molecule has 1 saturated heterocycles. The minimum atomic E-state index is 0.523. The van der Waals surface area contributed by atoms with E-state index in [2.05, 4.69) is 16.5 Å². The van der Waals surface area contributed by atoms with Crippen LogP contribution >= 0.6 is 0 Å². The van der Waals surface area contributed by atoms with Gasteiger partial charge in [0.25, 0.3) is 0 Å². The molecule has 2 aromatic rings. The summed E-state index contributed by atoms with van der Waals surface area (Å²) in [5.74, 6) is 6.85. The van der Waals surface area contributed by atoms with Crippen LogP contribution < -0.4 is 11.3 Å². The summed E-state index contributed by atoms with van der Waals surface area (Å²) in [4.78, 5) is 4.52. The van der Waals surface area contributed by atoms with Crippen LogP contribution in [0.3, 0.4) is 0 Å². The number of anilines is 1. The van der Waals surface area contributed by atoms with E-state index < -0.39 is 0 Å². The number of nitrogens with zero attached hydrogens (tertiary/aromatic N) is 1. The third kappa shape index (κ3) is 3.50. The molecular weight excluding hydrogens is 266 g/mol. The minimum absolute atomic E-state index is 0.523. The van der Waals surface area contributed by atoms with E-state index in [0.717, 1.165) is 49.1 Å². The standard InChI is InChI=1S/C16H21N3O2/c17-19-16-14(9-13-3-1-2-4-15(13)18-16)11-21-10-12-5-7-20-8-6-12/h1-4,9,12H,5-8,10-11,17H2,(H,18,19). The number of ether oxygens (including phenoxy) is 2. The highest BCUT2D eigenvalue weighted by Crippen LogP contribution is 2.21. The number of aromatic nitrogens is 1. The zero-order valence-corrected chi connectivity index (χ0v) is 12.0. The summed E-state index contributed by atoms with van der Waals surface area (Å²) in [6.45, 7) is 2.98. The van der Waals surface area contributed by atoms with Crippen molar-refractivity contribution in [3.8, 4) is 0 Å². The zero-order valence-electron chi connectivity index (χ0n) is 12.0. The quantitative estimate of drug-likeness (QED) is 0.653. The molecule has 0 atom stereocenters. The lowest BCUT2D eigenvalue weighted by molar-refractivity contribution is 0.0158. The molecule has 3 N–H and O–H groups in total. The van der Waals surface area contributed by atoms with Gasteiger partial charge in [-0.15, -0.1) is 0 Å². The van der Waals surface area contributed by atoms with E-state index in [1.54, 1.807) is 0 Å². The Morgan fingerprint density at radius 3 is 2.90 bits per heavy atom. The van der Waals surface area contributed by atoms with Crippen molar-refractivity contribution in [3.05, 3.63) is 35.9 Å². The first kappa shape index (κ1) is 14.3. The van der Waals surface area contributed by atoms with Crippen molar-refractivity contribution < 1.29 is 9.47 Å². The smallest absolute Gasteiger partial charge is 0.146 e. The van der Waals surface area contributed by atoms with Gasteiger partial charge in [0, 0.05) is 24.2 Å². The van der Waals surface area contributed by atoms with Gasteiger partial charge in [0.15, 0.2) is 0 Å². The molecule has 1 aliphatic rings. The molecule has 0 saturated carbocycles. The first-order valence-corrected chi connectivity index (χ1v) is 7.37. The maximum Gasteiger partial charge on any atom is 0.146 e. The third-order valence-corrected chi connectivity index (χ3v) is 3.89. The molecule has 112 valence electrons. The lowest BCUT2D eigenvalue weighted by atomic mass is 10.0. The predicted molar refractivity (Wildman–Crippen MR) is 82.8 cm³/mol. The highest BCUT2D eigenvalue weighted by Gasteiger charge is 2.14. The van der Waals surface area contributed by atoms with Gasteiger partial charge in [-0.25, -0.2) is 10.8 Å². The highest BCUT2D eigenvalue weighted by atomic mass is 16.5. The Morgan fingerprint density at radius 2 is 2.10 bits per heavy atom. The van der Waals surface area contributed by atoms with Gasteiger partial charge >= 0.3 is 0 Å². The van der Waals surface area contributed by atoms with Crippen molar-refractivity contribution in [2.75, 3.05) is 25.2 Å². The molecule has 2 heterocycles. The van der Waals surface area contributed by atoms with Crippen LogP contribution in [-0.2, 0) is 16.1 Å². The zero-order chi connectivity index (χ0) is 14.5. The molecule has 0 aliphatic carbocycles. The van der Waals surface area contributed by atoms with Crippen molar-refractivity contribution >= 4 is 16.7 Å². The molecule has 5 heteroatoms. The van der Waals surface area contributed by atoms with E-state index in [0.29, 0.717) is 18.3 Å². The second-order valence-electron chi connectivity index (χ2n) is 5.40. The molecular formula is C16H21N3O2. The first-order chi connectivity index (χ1) is 10.4. The van der Waals surface area contributed by atoms with Crippen LogP contribution in [0.2, 0.25) is 0 Å². The van der Waals surface area contributed by atoms with E-state index in [1.807, 2.05) is 24.3 Å². The van der Waals surface area contributed by atoms with Crippen molar-refractivity contribution in [1.82, 2.24) is 4.98 Å². The molecule has 0 radical (unpaired) electrons. The van der Waals surface area contributed by atoms with Gasteiger partial charge in [-0.1, -0.05) is 18.2 Å². The lowest BCUT2D eigenvalue weighted by Gasteiger charge is -2.22. The summed E-state index contributed by atoms with van der Waals surface area (Å²) < 4.78 is 11.2. The summed E-state index contributed by atoms with van der Waals surface area (Å²) in [7, 11) is 0. The number of hydrogen-bond acceptors (Lipinski definition) is 5. The van der Waals surface area contributed by atoms with Crippen LogP contribution in [0.1, 0.15) is 18.4 Å². The van der Waals surface area contributed by atoms with Crippen molar-refractivity contribution in [3.63, 3.8) is 0 Å². The monoisotopic (exact) mass is 287 g/mol. The van der Waals surface area contributed by atoms with Crippen LogP contribution in [-0.4, -0.2) is 24.8 Å². The first-order valence-electron chi connectivity index (χ1n) is 7.37. The minimum Gasteiger partial charge on any atom is -0.381 e. The number of nitrogens with one attached hydrogen (secondary N) is 1. The molecule has 0 bridgehead atoms. The predicted octanol–water partition coefficient (Wildman–Crippen LogP) is 2.46. The number of hydrogen-bond donors (Lipinski definition) is 2. The Labute approximate surface area is 124 Å². The van der Waals surface area contributed by atoms with Crippen LogP contribution in [0.4, 0.5) is 5.82 Å². The Balaban J connectivity index is 1.67. The third-order valence-electron chi connectivity index (χ3n) is 3.89. The molecule has 0 unspecified atom stereocenters. The molecule has 1 fully saturated rings. The summed E-state index contributed by atoms with van der Waals surface area (Å²) in [6.07, 6.45) is 2.16. The topological polar surface area (TPSA) is 69.4 Å². The molecule has 1 aromatic carbocycles. The molecule has 0 amide bonds. The fraction of sp³-hybridized carbons (Fsp3) is 0.438. The number of rotatable bonds is 5. The van der Waals surface area contributed by atoms with Gasteiger partial charge in [-0.2, -0.15) is 0 Å². The normalized spacial score (nSPS) is 16.2. The average Bonchev–Trinajstić information content (AvgIpc) is 2.55. The fourth-order valence-corrected chi connectivity index (χ4v) is 2.64. The van der Waals surface area contributed by atoms with E-state index >= 15 is 0 Å². The van der Waals surface area contributed by atoms with Gasteiger partial charge in [0.05, 0.1) is 18.7 Å². The van der Waals surface area contributed by atoms with Crippen LogP contribution in [0, 0.1) is 5.92 Å². The van der Waals surface area contributed by atoms with E-state index in [4.69, 9.17) is 15.3 Å². The van der Waals surface area contributed by atoms with Crippen LogP contribution in [0.5, 0.6) is 0 Å². The largest absolute Gasteiger partial charge is 0.381 e. The maximum atomic E-state index is 5.86. The summed E-state index contributed by atoms with van der Waals surface area (Å²) in [6, 6.07) is 10.1. The Kier molecular flexibility index (Phi) is 4.65. The number of para-hydroxylation sites is 1. The molecule has 21 heavy (non-hydrogen) atoms. The lowest BCUT2D eigenvalue weighted by Crippen LogP contribution is -2.20. The Hall–Kier alpha value is -1.69. The van der Waals surface area contributed by atoms with Crippen molar-refractivity contribution in [2.45, 2.75) is 19.4 Å². The van der Waals surface area contributed by atoms with Gasteiger partial charge in [-0.3, -0.25) is 0 Å². The molecule has 1 aliphatic heterocycles.